The highest BCUT2D eigenvalue weighted by atomic mass is 16.1. The molecule has 4 rings (SSSR count). The molecular formula is C22H21N5O. The van der Waals surface area contributed by atoms with E-state index < -0.39 is 0 Å². The minimum Gasteiger partial charge on any atom is -0.322 e. The molecule has 0 spiro atoms. The molecule has 6 nitrogen and oxygen atoms in total. The molecule has 0 radical (unpaired) electrons. The minimum atomic E-state index is -0.152. The van der Waals surface area contributed by atoms with Gasteiger partial charge in [-0.1, -0.05) is 30.3 Å². The molecular weight excluding hydrogens is 350 g/mol. The van der Waals surface area contributed by atoms with Crippen molar-refractivity contribution in [3.8, 4) is 5.69 Å². The first-order valence-corrected chi connectivity index (χ1v) is 9.11. The van der Waals surface area contributed by atoms with Crippen LogP contribution in [0.15, 0.2) is 73.1 Å². The third-order valence-corrected chi connectivity index (χ3v) is 4.68. The number of hydrogen-bond acceptors (Lipinski definition) is 3. The van der Waals surface area contributed by atoms with E-state index in [1.807, 2.05) is 73.3 Å². The molecule has 2 aromatic heterocycles. The average Bonchev–Trinajstić information content (AvgIpc) is 3.32. The van der Waals surface area contributed by atoms with Crippen LogP contribution >= 0.6 is 0 Å². The van der Waals surface area contributed by atoms with Gasteiger partial charge in [-0.25, -0.2) is 4.68 Å². The van der Waals surface area contributed by atoms with Crippen LogP contribution in [0.1, 0.15) is 27.3 Å². The molecule has 0 aliphatic rings. The van der Waals surface area contributed by atoms with E-state index in [-0.39, 0.29) is 5.91 Å². The van der Waals surface area contributed by atoms with E-state index in [9.17, 15) is 4.79 Å². The van der Waals surface area contributed by atoms with Gasteiger partial charge >= 0.3 is 0 Å². The van der Waals surface area contributed by atoms with E-state index in [0.717, 1.165) is 28.3 Å². The van der Waals surface area contributed by atoms with Crippen LogP contribution in [0.5, 0.6) is 0 Å². The van der Waals surface area contributed by atoms with Crippen LogP contribution in [-0.2, 0) is 6.54 Å². The van der Waals surface area contributed by atoms with Gasteiger partial charge < -0.3 is 5.32 Å². The van der Waals surface area contributed by atoms with Gasteiger partial charge in [0.25, 0.3) is 5.91 Å². The largest absolute Gasteiger partial charge is 0.322 e. The van der Waals surface area contributed by atoms with Crippen molar-refractivity contribution in [2.45, 2.75) is 20.4 Å². The maximum atomic E-state index is 12.9. The highest BCUT2D eigenvalue weighted by Gasteiger charge is 2.19. The van der Waals surface area contributed by atoms with Crippen LogP contribution in [0.25, 0.3) is 5.69 Å². The normalized spacial score (nSPS) is 10.8. The molecule has 28 heavy (non-hydrogen) atoms. The van der Waals surface area contributed by atoms with Gasteiger partial charge in [-0.3, -0.25) is 9.48 Å². The van der Waals surface area contributed by atoms with E-state index in [0.29, 0.717) is 12.1 Å². The third-order valence-electron chi connectivity index (χ3n) is 4.68. The zero-order valence-corrected chi connectivity index (χ0v) is 15.8. The molecule has 6 heteroatoms. The summed E-state index contributed by atoms with van der Waals surface area (Å²) in [7, 11) is 0. The van der Waals surface area contributed by atoms with Crippen LogP contribution < -0.4 is 5.32 Å². The second kappa shape index (κ2) is 7.52. The summed E-state index contributed by atoms with van der Waals surface area (Å²) in [5.74, 6) is -0.152. The molecule has 2 aromatic carbocycles. The summed E-state index contributed by atoms with van der Waals surface area (Å²) in [6, 6.07) is 19.5. The fourth-order valence-corrected chi connectivity index (χ4v) is 3.25. The Morgan fingerprint density at radius 3 is 2.43 bits per heavy atom. The van der Waals surface area contributed by atoms with Gasteiger partial charge in [0.1, 0.15) is 0 Å². The lowest BCUT2D eigenvalue weighted by molar-refractivity contribution is 0.102. The van der Waals surface area contributed by atoms with Crippen LogP contribution in [0.4, 0.5) is 5.69 Å². The lowest BCUT2D eigenvalue weighted by Crippen LogP contribution is -2.14. The van der Waals surface area contributed by atoms with Crippen LogP contribution in [-0.4, -0.2) is 25.5 Å². The summed E-state index contributed by atoms with van der Waals surface area (Å²) in [6.07, 6.45) is 3.61. The summed E-state index contributed by atoms with van der Waals surface area (Å²) >= 11 is 0. The maximum Gasteiger partial charge on any atom is 0.259 e. The number of anilines is 1. The number of hydrogen-bond donors (Lipinski definition) is 1. The van der Waals surface area contributed by atoms with Crippen LogP contribution in [0.3, 0.4) is 0 Å². The van der Waals surface area contributed by atoms with Crippen molar-refractivity contribution in [2.24, 2.45) is 0 Å². The number of carbonyl (C=O) groups is 1. The number of benzene rings is 2. The van der Waals surface area contributed by atoms with Gasteiger partial charge in [0, 0.05) is 23.8 Å². The Kier molecular flexibility index (Phi) is 4.76. The Bertz CT molecular complexity index is 1080. The molecule has 0 saturated heterocycles. The van der Waals surface area contributed by atoms with E-state index in [1.165, 1.54) is 0 Å². The first-order chi connectivity index (χ1) is 13.6. The van der Waals surface area contributed by atoms with E-state index >= 15 is 0 Å². The van der Waals surface area contributed by atoms with Crippen molar-refractivity contribution in [3.05, 3.63) is 95.6 Å². The summed E-state index contributed by atoms with van der Waals surface area (Å²) in [5, 5.41) is 11.7. The molecule has 4 aromatic rings. The number of amides is 1. The molecule has 2 heterocycles. The first-order valence-electron chi connectivity index (χ1n) is 9.11. The molecule has 0 aliphatic heterocycles. The molecule has 0 atom stereocenters. The number of nitrogens with one attached hydrogen (secondary N) is 1. The van der Waals surface area contributed by atoms with Crippen molar-refractivity contribution in [2.75, 3.05) is 5.32 Å². The minimum absolute atomic E-state index is 0.152. The third kappa shape index (κ3) is 3.57. The molecule has 0 aliphatic carbocycles. The zero-order chi connectivity index (χ0) is 19.5. The van der Waals surface area contributed by atoms with Crippen LogP contribution in [0, 0.1) is 13.8 Å². The predicted octanol–water partition coefficient (Wildman–Crippen LogP) is 3.99. The summed E-state index contributed by atoms with van der Waals surface area (Å²) in [4.78, 5) is 12.9. The molecule has 0 bridgehead atoms. The van der Waals surface area contributed by atoms with Crippen molar-refractivity contribution in [1.29, 1.82) is 0 Å². The van der Waals surface area contributed by atoms with Gasteiger partial charge in [0.05, 0.1) is 23.5 Å². The van der Waals surface area contributed by atoms with Crippen molar-refractivity contribution in [3.63, 3.8) is 0 Å². The van der Waals surface area contributed by atoms with E-state index in [1.54, 1.807) is 10.9 Å². The Labute approximate surface area is 163 Å². The number of aryl methyl sites for hydroxylation is 1. The molecule has 1 N–H and O–H groups in total. The number of carbonyl (C=O) groups excluding carboxylic acids is 1. The number of aromatic nitrogens is 4. The number of nitrogens with zero attached hydrogens (tertiary/aromatic N) is 4. The molecule has 0 unspecified atom stereocenters. The standard InChI is InChI=1S/C22H21N5O/c1-16-21(17(2)27(25-16)15-18-7-4-3-5-8-18)22(28)24-19-9-11-20(12-10-19)26-14-6-13-23-26/h3-14H,15H2,1-2H3,(H,24,28). The van der Waals surface area contributed by atoms with Crippen LogP contribution in [0.2, 0.25) is 0 Å². The molecule has 0 fully saturated rings. The topological polar surface area (TPSA) is 64.7 Å². The van der Waals surface area contributed by atoms with Gasteiger partial charge in [0.15, 0.2) is 0 Å². The highest BCUT2D eigenvalue weighted by molar-refractivity contribution is 6.05. The van der Waals surface area contributed by atoms with Crippen molar-refractivity contribution < 1.29 is 4.79 Å². The quantitative estimate of drug-likeness (QED) is 0.577. The highest BCUT2D eigenvalue weighted by Crippen LogP contribution is 2.18. The van der Waals surface area contributed by atoms with E-state index in [4.69, 9.17) is 0 Å². The Morgan fingerprint density at radius 1 is 1.00 bits per heavy atom. The molecule has 1 amide bonds. The summed E-state index contributed by atoms with van der Waals surface area (Å²) in [6.45, 7) is 4.43. The van der Waals surface area contributed by atoms with Crippen molar-refractivity contribution >= 4 is 11.6 Å². The summed E-state index contributed by atoms with van der Waals surface area (Å²) in [5.41, 5.74) is 5.01. The Morgan fingerprint density at radius 2 is 1.75 bits per heavy atom. The lowest BCUT2D eigenvalue weighted by atomic mass is 10.1. The summed E-state index contributed by atoms with van der Waals surface area (Å²) < 4.78 is 3.65. The fraction of sp³-hybridized carbons (Fsp3) is 0.136. The van der Waals surface area contributed by atoms with Gasteiger partial charge in [-0.05, 0) is 49.7 Å². The maximum absolute atomic E-state index is 12.9. The predicted molar refractivity (Wildman–Crippen MR) is 109 cm³/mol. The SMILES string of the molecule is Cc1nn(Cc2ccccc2)c(C)c1C(=O)Nc1ccc(-n2cccn2)cc1. The number of rotatable bonds is 5. The average molecular weight is 371 g/mol. The second-order valence-corrected chi connectivity index (χ2v) is 6.64. The second-order valence-electron chi connectivity index (χ2n) is 6.64. The first kappa shape index (κ1) is 17.7. The Hall–Kier alpha value is -3.67. The molecule has 140 valence electrons. The van der Waals surface area contributed by atoms with Gasteiger partial charge in [0.2, 0.25) is 0 Å². The van der Waals surface area contributed by atoms with Gasteiger partial charge in [-0.15, -0.1) is 0 Å². The zero-order valence-electron chi connectivity index (χ0n) is 15.8. The monoisotopic (exact) mass is 371 g/mol. The van der Waals surface area contributed by atoms with Gasteiger partial charge in [-0.2, -0.15) is 10.2 Å². The molecule has 0 saturated carbocycles. The van der Waals surface area contributed by atoms with E-state index in [2.05, 4.69) is 27.6 Å². The fourth-order valence-electron chi connectivity index (χ4n) is 3.25. The lowest BCUT2D eigenvalue weighted by Gasteiger charge is -2.08. The Balaban J connectivity index is 1.52. The van der Waals surface area contributed by atoms with Crippen molar-refractivity contribution in [1.82, 2.24) is 19.6 Å². The smallest absolute Gasteiger partial charge is 0.259 e.